The van der Waals surface area contributed by atoms with Crippen LogP contribution in [0.25, 0.3) is 15.9 Å². The van der Waals surface area contributed by atoms with E-state index in [1.165, 1.54) is 41.5 Å². The molecule has 108 valence electrons. The maximum atomic E-state index is 5.44. The summed E-state index contributed by atoms with van der Waals surface area (Å²) < 4.78 is 2.77. The minimum atomic E-state index is 0.569. The van der Waals surface area contributed by atoms with Crippen molar-refractivity contribution in [3.63, 3.8) is 0 Å². The molecule has 6 heteroatoms. The molecule has 4 nitrogen and oxygen atoms in total. The summed E-state index contributed by atoms with van der Waals surface area (Å²) in [5.41, 5.74) is 2.47. The normalized spacial score (nSPS) is 22.0. The van der Waals surface area contributed by atoms with E-state index in [0.717, 1.165) is 28.6 Å². The Kier molecular flexibility index (Phi) is 2.42. The van der Waals surface area contributed by atoms with Crippen molar-refractivity contribution in [2.24, 2.45) is 5.92 Å². The Morgan fingerprint density at radius 1 is 1.33 bits per heavy atom. The molecule has 1 atom stereocenters. The molecule has 0 spiro atoms. The average Bonchev–Trinajstić information content (AvgIpc) is 3.15. The lowest BCUT2D eigenvalue weighted by atomic mass is 9.89. The van der Waals surface area contributed by atoms with Crippen LogP contribution in [-0.4, -0.2) is 19.6 Å². The highest BCUT2D eigenvalue weighted by molar-refractivity contribution is 7.71. The quantitative estimate of drug-likeness (QED) is 0.690. The van der Waals surface area contributed by atoms with Crippen molar-refractivity contribution in [2.75, 3.05) is 0 Å². The predicted molar refractivity (Wildman–Crippen MR) is 86.7 cm³/mol. The number of nitrogens with one attached hydrogen (secondary N) is 1. The Bertz CT molecular complexity index is 929. The number of hydrogen-bond acceptors (Lipinski definition) is 4. The topological polar surface area (TPSA) is 46.0 Å². The number of aromatic nitrogens is 4. The van der Waals surface area contributed by atoms with Gasteiger partial charge in [-0.25, -0.2) is 4.98 Å². The number of H-pyrrole nitrogens is 1. The van der Waals surface area contributed by atoms with Crippen LogP contribution in [0.15, 0.2) is 0 Å². The number of nitrogens with zero attached hydrogens (tertiary/aromatic N) is 3. The highest BCUT2D eigenvalue weighted by atomic mass is 32.1. The SMILES string of the molecule is CC1CCc2c(sc3nc(C4CC4)n4c(=S)[nH]nc4c23)C1. The third-order valence-electron chi connectivity index (χ3n) is 4.78. The molecule has 0 aromatic carbocycles. The molecule has 0 bridgehead atoms. The van der Waals surface area contributed by atoms with Gasteiger partial charge in [-0.1, -0.05) is 6.92 Å². The van der Waals surface area contributed by atoms with Gasteiger partial charge in [-0.05, 0) is 55.8 Å². The summed E-state index contributed by atoms with van der Waals surface area (Å²) in [6.07, 6.45) is 6.05. The van der Waals surface area contributed by atoms with Gasteiger partial charge in [0, 0.05) is 10.8 Å². The van der Waals surface area contributed by atoms with Gasteiger partial charge in [0.1, 0.15) is 10.7 Å². The van der Waals surface area contributed by atoms with Crippen molar-refractivity contribution < 1.29 is 0 Å². The summed E-state index contributed by atoms with van der Waals surface area (Å²) in [4.78, 5) is 7.66. The molecular formula is C15H16N4S2. The van der Waals surface area contributed by atoms with Crippen LogP contribution in [0, 0.1) is 10.7 Å². The molecule has 1 N–H and O–H groups in total. The number of aryl methyl sites for hydroxylation is 1. The van der Waals surface area contributed by atoms with Crippen molar-refractivity contribution >= 4 is 39.4 Å². The van der Waals surface area contributed by atoms with Gasteiger partial charge in [0.25, 0.3) is 0 Å². The van der Waals surface area contributed by atoms with E-state index < -0.39 is 0 Å². The molecule has 1 fully saturated rings. The highest BCUT2D eigenvalue weighted by Gasteiger charge is 2.31. The Morgan fingerprint density at radius 2 is 2.19 bits per heavy atom. The van der Waals surface area contributed by atoms with Crippen LogP contribution in [0.2, 0.25) is 0 Å². The molecule has 2 aliphatic carbocycles. The fourth-order valence-corrected chi connectivity index (χ4v) is 5.10. The summed E-state index contributed by atoms with van der Waals surface area (Å²) in [6, 6.07) is 0. The van der Waals surface area contributed by atoms with E-state index in [-0.39, 0.29) is 0 Å². The van der Waals surface area contributed by atoms with Crippen LogP contribution in [0.3, 0.4) is 0 Å². The first-order chi connectivity index (χ1) is 10.2. The van der Waals surface area contributed by atoms with Gasteiger partial charge in [0.15, 0.2) is 5.65 Å². The fraction of sp³-hybridized carbons (Fsp3) is 0.533. The zero-order chi connectivity index (χ0) is 14.1. The Morgan fingerprint density at radius 3 is 3.00 bits per heavy atom. The largest absolute Gasteiger partial charge is 0.255 e. The van der Waals surface area contributed by atoms with Gasteiger partial charge in [-0.2, -0.15) is 5.10 Å². The zero-order valence-corrected chi connectivity index (χ0v) is 13.5. The zero-order valence-electron chi connectivity index (χ0n) is 11.8. The molecule has 0 amide bonds. The van der Waals surface area contributed by atoms with Crippen LogP contribution in [0.4, 0.5) is 0 Å². The Hall–Kier alpha value is -1.27. The molecule has 3 heterocycles. The minimum Gasteiger partial charge on any atom is -0.255 e. The van der Waals surface area contributed by atoms with Gasteiger partial charge < -0.3 is 0 Å². The lowest BCUT2D eigenvalue weighted by molar-refractivity contribution is 0.509. The van der Waals surface area contributed by atoms with E-state index in [1.54, 1.807) is 0 Å². The molecule has 21 heavy (non-hydrogen) atoms. The highest BCUT2D eigenvalue weighted by Crippen LogP contribution is 2.43. The van der Waals surface area contributed by atoms with Crippen LogP contribution in [0.1, 0.15) is 48.4 Å². The van der Waals surface area contributed by atoms with E-state index in [2.05, 4.69) is 21.5 Å². The maximum absolute atomic E-state index is 5.44. The van der Waals surface area contributed by atoms with Gasteiger partial charge in [-0.3, -0.25) is 9.50 Å². The number of thiophene rings is 1. The summed E-state index contributed by atoms with van der Waals surface area (Å²) in [6.45, 7) is 2.34. The van der Waals surface area contributed by atoms with E-state index >= 15 is 0 Å². The predicted octanol–water partition coefficient (Wildman–Crippen LogP) is 4.00. The van der Waals surface area contributed by atoms with Crippen molar-refractivity contribution in [3.8, 4) is 0 Å². The molecular weight excluding hydrogens is 300 g/mol. The Balaban J connectivity index is 1.92. The molecule has 2 aliphatic rings. The summed E-state index contributed by atoms with van der Waals surface area (Å²) in [5, 5.41) is 8.76. The first-order valence-electron chi connectivity index (χ1n) is 7.63. The van der Waals surface area contributed by atoms with Crippen LogP contribution < -0.4 is 0 Å². The second-order valence-electron chi connectivity index (χ2n) is 6.46. The van der Waals surface area contributed by atoms with E-state index in [9.17, 15) is 0 Å². The van der Waals surface area contributed by atoms with Crippen molar-refractivity contribution in [1.82, 2.24) is 19.6 Å². The maximum Gasteiger partial charge on any atom is 0.201 e. The first kappa shape index (κ1) is 12.3. The van der Waals surface area contributed by atoms with Crippen molar-refractivity contribution in [2.45, 2.75) is 44.9 Å². The Labute approximate surface area is 131 Å². The van der Waals surface area contributed by atoms with E-state index in [1.807, 2.05) is 11.3 Å². The molecule has 1 unspecified atom stereocenters. The number of aromatic amines is 1. The molecule has 3 aromatic heterocycles. The standard InChI is InChI=1S/C15H16N4S2/c1-7-2-5-9-10(6-7)21-14-11(9)13-17-18-15(20)19(13)12(16-14)8-3-4-8/h7-8H,2-6H2,1H3,(H,18,20). The molecule has 0 radical (unpaired) electrons. The number of rotatable bonds is 1. The number of fused-ring (bicyclic) bond motifs is 5. The van der Waals surface area contributed by atoms with Crippen molar-refractivity contribution in [3.05, 3.63) is 21.0 Å². The lowest BCUT2D eigenvalue weighted by Crippen LogP contribution is -2.09. The summed E-state index contributed by atoms with van der Waals surface area (Å²) >= 11 is 7.31. The van der Waals surface area contributed by atoms with Crippen LogP contribution >= 0.6 is 23.6 Å². The smallest absolute Gasteiger partial charge is 0.201 e. The molecule has 5 rings (SSSR count). The fourth-order valence-electron chi connectivity index (χ4n) is 3.49. The van der Waals surface area contributed by atoms with Gasteiger partial charge >= 0.3 is 0 Å². The average molecular weight is 316 g/mol. The molecule has 3 aromatic rings. The third-order valence-corrected chi connectivity index (χ3v) is 6.20. The minimum absolute atomic E-state index is 0.569. The van der Waals surface area contributed by atoms with Gasteiger partial charge in [-0.15, -0.1) is 11.3 Å². The van der Waals surface area contributed by atoms with Crippen LogP contribution in [0.5, 0.6) is 0 Å². The molecule has 0 saturated heterocycles. The third kappa shape index (κ3) is 1.69. The van der Waals surface area contributed by atoms with Gasteiger partial charge in [0.05, 0.1) is 5.39 Å². The van der Waals surface area contributed by atoms with Gasteiger partial charge in [0.2, 0.25) is 4.77 Å². The molecule has 0 aliphatic heterocycles. The summed E-state index contributed by atoms with van der Waals surface area (Å²) in [7, 11) is 0. The van der Waals surface area contributed by atoms with Crippen LogP contribution in [-0.2, 0) is 12.8 Å². The first-order valence-corrected chi connectivity index (χ1v) is 8.86. The lowest BCUT2D eigenvalue weighted by Gasteiger charge is -2.17. The monoisotopic (exact) mass is 316 g/mol. The second-order valence-corrected chi connectivity index (χ2v) is 7.93. The second kappa shape index (κ2) is 4.14. The van der Waals surface area contributed by atoms with E-state index in [4.69, 9.17) is 17.2 Å². The summed E-state index contributed by atoms with van der Waals surface area (Å²) in [5.74, 6) is 2.47. The number of hydrogen-bond donors (Lipinski definition) is 1. The van der Waals surface area contributed by atoms with Crippen molar-refractivity contribution in [1.29, 1.82) is 0 Å². The molecule has 1 saturated carbocycles. The van der Waals surface area contributed by atoms with E-state index in [0.29, 0.717) is 10.7 Å².